The largest absolute Gasteiger partial charge is 0.295 e. The van der Waals surface area contributed by atoms with Crippen molar-refractivity contribution in [1.29, 1.82) is 0 Å². The number of carbonyl (C=O) groups excluding carboxylic acids is 2. The first-order chi connectivity index (χ1) is 9.79. The van der Waals surface area contributed by atoms with Crippen molar-refractivity contribution in [2.75, 3.05) is 0 Å². The predicted octanol–water partition coefficient (Wildman–Crippen LogP) is 1.54. The van der Waals surface area contributed by atoms with E-state index in [1.54, 1.807) is 6.20 Å². The molecular weight excluding hydrogens is 270 g/mol. The number of hydrogen-bond acceptors (Lipinski definition) is 4. The number of amides is 2. The third kappa shape index (κ3) is 4.00. The first-order valence-corrected chi connectivity index (χ1v) is 7.22. The van der Waals surface area contributed by atoms with Crippen LogP contribution in [0.4, 0.5) is 0 Å². The van der Waals surface area contributed by atoms with E-state index < -0.39 is 11.9 Å². The van der Waals surface area contributed by atoms with Gasteiger partial charge in [-0.3, -0.25) is 19.7 Å². The molecule has 21 heavy (non-hydrogen) atoms. The molecule has 6 heteroatoms. The summed E-state index contributed by atoms with van der Waals surface area (Å²) in [6.45, 7) is 9.96. The standard InChI is InChI=1S/C13H17N3O3.C2H6/c1-13(2,3)8-6-11(18)16(14-7-8)9-4-5-10(17)15-12(9)19;1-2/h6-7,9H,4-5H2,1-3H3,(H,15,17,19);1-2H3. The molecule has 2 amide bonds. The zero-order valence-electron chi connectivity index (χ0n) is 13.3. The lowest BCUT2D eigenvalue weighted by Gasteiger charge is -2.23. The monoisotopic (exact) mass is 293 g/mol. The van der Waals surface area contributed by atoms with Crippen molar-refractivity contribution in [3.05, 3.63) is 28.2 Å². The average molecular weight is 293 g/mol. The van der Waals surface area contributed by atoms with Crippen LogP contribution in [-0.4, -0.2) is 21.6 Å². The van der Waals surface area contributed by atoms with Crippen LogP contribution in [0.25, 0.3) is 0 Å². The van der Waals surface area contributed by atoms with E-state index in [1.165, 1.54) is 6.07 Å². The highest BCUT2D eigenvalue weighted by Crippen LogP contribution is 2.20. The SMILES string of the molecule is CC.CC(C)(C)c1cnn(C2CCC(=O)NC2=O)c(=O)c1. The fourth-order valence-corrected chi connectivity index (χ4v) is 1.98. The smallest absolute Gasteiger partial charge is 0.267 e. The molecule has 6 nitrogen and oxygen atoms in total. The maximum atomic E-state index is 12.0. The van der Waals surface area contributed by atoms with Crippen LogP contribution in [0.1, 0.15) is 59.1 Å². The number of aromatic nitrogens is 2. The van der Waals surface area contributed by atoms with Crippen LogP contribution >= 0.6 is 0 Å². The summed E-state index contributed by atoms with van der Waals surface area (Å²) in [5.74, 6) is -0.769. The Morgan fingerprint density at radius 1 is 1.24 bits per heavy atom. The van der Waals surface area contributed by atoms with Gasteiger partial charge in [0.25, 0.3) is 11.5 Å². The highest BCUT2D eigenvalue weighted by atomic mass is 16.2. The second-order valence-electron chi connectivity index (χ2n) is 5.74. The summed E-state index contributed by atoms with van der Waals surface area (Å²) in [6, 6.07) is 0.802. The van der Waals surface area contributed by atoms with E-state index in [9.17, 15) is 14.4 Å². The highest BCUT2D eigenvalue weighted by molar-refractivity contribution is 5.99. The van der Waals surface area contributed by atoms with Crippen LogP contribution in [0.15, 0.2) is 17.1 Å². The minimum absolute atomic E-state index is 0.171. The van der Waals surface area contributed by atoms with Gasteiger partial charge in [-0.05, 0) is 17.4 Å². The lowest BCUT2D eigenvalue weighted by atomic mass is 9.89. The first-order valence-electron chi connectivity index (χ1n) is 7.22. The van der Waals surface area contributed by atoms with Gasteiger partial charge in [0, 0.05) is 12.5 Å². The lowest BCUT2D eigenvalue weighted by Crippen LogP contribution is -2.45. The van der Waals surface area contributed by atoms with Gasteiger partial charge in [-0.1, -0.05) is 34.6 Å². The summed E-state index contributed by atoms with van der Waals surface area (Å²) in [4.78, 5) is 34.8. The predicted molar refractivity (Wildman–Crippen MR) is 80.0 cm³/mol. The molecular formula is C15H23N3O3. The lowest BCUT2D eigenvalue weighted by molar-refractivity contribution is -0.136. The summed E-state index contributed by atoms with van der Waals surface area (Å²) in [6.07, 6.45) is 2.14. The normalized spacial score (nSPS) is 18.6. The van der Waals surface area contributed by atoms with E-state index in [-0.39, 0.29) is 23.3 Å². The van der Waals surface area contributed by atoms with E-state index in [0.29, 0.717) is 6.42 Å². The van der Waals surface area contributed by atoms with Gasteiger partial charge in [0.15, 0.2) is 0 Å². The Hall–Kier alpha value is -1.98. The topological polar surface area (TPSA) is 81.1 Å². The molecule has 1 aliphatic heterocycles. The Kier molecular flexibility index (Phi) is 5.41. The van der Waals surface area contributed by atoms with Crippen LogP contribution in [-0.2, 0) is 15.0 Å². The second-order valence-corrected chi connectivity index (χ2v) is 5.74. The van der Waals surface area contributed by atoms with Crippen molar-refractivity contribution in [2.45, 2.75) is 58.9 Å². The molecule has 0 radical (unpaired) electrons. The number of imide groups is 1. The first kappa shape index (κ1) is 17.1. The van der Waals surface area contributed by atoms with Crippen LogP contribution in [0.5, 0.6) is 0 Å². The average Bonchev–Trinajstić information content (AvgIpc) is 2.41. The van der Waals surface area contributed by atoms with Crippen molar-refractivity contribution in [3.8, 4) is 0 Å². The molecule has 2 rings (SSSR count). The molecule has 1 aromatic heterocycles. The third-order valence-corrected chi connectivity index (χ3v) is 3.20. The Morgan fingerprint density at radius 3 is 2.33 bits per heavy atom. The van der Waals surface area contributed by atoms with Gasteiger partial charge in [0.1, 0.15) is 6.04 Å². The van der Waals surface area contributed by atoms with Gasteiger partial charge in [-0.25, -0.2) is 4.68 Å². The Labute approximate surface area is 124 Å². The van der Waals surface area contributed by atoms with Crippen LogP contribution in [0.3, 0.4) is 0 Å². The van der Waals surface area contributed by atoms with Crippen molar-refractivity contribution >= 4 is 11.8 Å². The van der Waals surface area contributed by atoms with Gasteiger partial charge in [-0.2, -0.15) is 5.10 Å². The number of carbonyl (C=O) groups is 2. The molecule has 0 bridgehead atoms. The minimum atomic E-state index is -0.695. The van der Waals surface area contributed by atoms with Crippen molar-refractivity contribution in [2.24, 2.45) is 0 Å². The van der Waals surface area contributed by atoms with E-state index in [1.807, 2.05) is 34.6 Å². The summed E-state index contributed by atoms with van der Waals surface area (Å²) in [7, 11) is 0. The molecule has 1 aromatic rings. The molecule has 0 aromatic carbocycles. The maximum Gasteiger partial charge on any atom is 0.267 e. The third-order valence-electron chi connectivity index (χ3n) is 3.20. The molecule has 1 atom stereocenters. The second kappa shape index (κ2) is 6.65. The van der Waals surface area contributed by atoms with E-state index in [2.05, 4.69) is 10.4 Å². The number of rotatable bonds is 1. The van der Waals surface area contributed by atoms with E-state index in [4.69, 9.17) is 0 Å². The fraction of sp³-hybridized carbons (Fsp3) is 0.600. The zero-order valence-corrected chi connectivity index (χ0v) is 13.3. The molecule has 0 spiro atoms. The number of nitrogens with zero attached hydrogens (tertiary/aromatic N) is 2. The summed E-state index contributed by atoms with van der Waals surface area (Å²) in [5.41, 5.74) is 0.332. The Balaban J connectivity index is 0.00000106. The molecule has 1 unspecified atom stereocenters. The summed E-state index contributed by atoms with van der Waals surface area (Å²) in [5, 5.41) is 6.30. The van der Waals surface area contributed by atoms with Crippen molar-refractivity contribution < 1.29 is 9.59 Å². The van der Waals surface area contributed by atoms with E-state index in [0.717, 1.165) is 10.2 Å². The maximum absolute atomic E-state index is 12.0. The molecule has 1 saturated heterocycles. The van der Waals surface area contributed by atoms with Gasteiger partial charge in [0.2, 0.25) is 5.91 Å². The highest BCUT2D eigenvalue weighted by Gasteiger charge is 2.29. The van der Waals surface area contributed by atoms with E-state index >= 15 is 0 Å². The molecule has 1 fully saturated rings. The molecule has 1 aliphatic rings. The Bertz CT molecular complexity index is 585. The summed E-state index contributed by atoms with van der Waals surface area (Å²) < 4.78 is 1.15. The molecule has 2 heterocycles. The van der Waals surface area contributed by atoms with Crippen molar-refractivity contribution in [1.82, 2.24) is 15.1 Å². The molecule has 0 aliphatic carbocycles. The van der Waals surface area contributed by atoms with Gasteiger partial charge in [-0.15, -0.1) is 0 Å². The quantitative estimate of drug-likeness (QED) is 0.796. The molecule has 116 valence electrons. The minimum Gasteiger partial charge on any atom is -0.295 e. The number of hydrogen-bond donors (Lipinski definition) is 1. The summed E-state index contributed by atoms with van der Waals surface area (Å²) >= 11 is 0. The molecule has 0 saturated carbocycles. The number of nitrogens with one attached hydrogen (secondary N) is 1. The Morgan fingerprint density at radius 2 is 1.86 bits per heavy atom. The zero-order chi connectivity index (χ0) is 16.2. The molecule has 1 N–H and O–H groups in total. The van der Waals surface area contributed by atoms with Gasteiger partial charge in [0.05, 0.1) is 6.20 Å². The van der Waals surface area contributed by atoms with Crippen LogP contribution < -0.4 is 10.9 Å². The van der Waals surface area contributed by atoms with Crippen LogP contribution in [0.2, 0.25) is 0 Å². The van der Waals surface area contributed by atoms with Gasteiger partial charge >= 0.3 is 0 Å². The van der Waals surface area contributed by atoms with Gasteiger partial charge < -0.3 is 0 Å². The van der Waals surface area contributed by atoms with Crippen molar-refractivity contribution in [3.63, 3.8) is 0 Å². The number of piperidine rings is 1. The fourth-order valence-electron chi connectivity index (χ4n) is 1.98. The van der Waals surface area contributed by atoms with Crippen LogP contribution in [0, 0.1) is 0 Å².